The van der Waals surface area contributed by atoms with E-state index < -0.39 is 11.6 Å². The Hall–Kier alpha value is -3.39. The van der Waals surface area contributed by atoms with Crippen LogP contribution in [0.4, 0.5) is 10.5 Å². The molecule has 2 saturated heterocycles. The van der Waals surface area contributed by atoms with Crippen molar-refractivity contribution < 1.29 is 24.2 Å². The zero-order valence-electron chi connectivity index (χ0n) is 21.2. The Labute approximate surface area is 212 Å². The summed E-state index contributed by atoms with van der Waals surface area (Å²) < 4.78 is 5.63. The molecule has 0 saturated carbocycles. The lowest BCUT2D eigenvalue weighted by Gasteiger charge is -2.39. The molecule has 4 rings (SSSR count). The first-order valence-corrected chi connectivity index (χ1v) is 12.5. The Morgan fingerprint density at radius 2 is 1.64 bits per heavy atom. The van der Waals surface area contributed by atoms with Crippen molar-refractivity contribution in [1.29, 1.82) is 0 Å². The molecule has 0 bridgehead atoms. The van der Waals surface area contributed by atoms with Crippen LogP contribution in [0.2, 0.25) is 0 Å². The van der Waals surface area contributed by atoms with Gasteiger partial charge in [-0.05, 0) is 44.9 Å². The highest BCUT2D eigenvalue weighted by molar-refractivity contribution is 5.98. The van der Waals surface area contributed by atoms with Gasteiger partial charge in [-0.2, -0.15) is 0 Å². The minimum atomic E-state index is -1.06. The predicted octanol–water partition coefficient (Wildman–Crippen LogP) is 3.83. The number of amides is 2. The summed E-state index contributed by atoms with van der Waals surface area (Å²) in [6.45, 7) is 7.11. The number of carboxylic acid groups (broad SMARTS) is 1. The molecular formula is C28H35N3O5. The number of ether oxygens (including phenoxy) is 1. The molecule has 2 aromatic rings. The number of carboxylic acids is 1. The second-order valence-electron chi connectivity index (χ2n) is 10.6. The number of likely N-dealkylation sites (tertiary alicyclic amines) is 2. The van der Waals surface area contributed by atoms with E-state index in [0.29, 0.717) is 25.3 Å². The van der Waals surface area contributed by atoms with E-state index in [1.165, 1.54) is 10.5 Å². The highest BCUT2D eigenvalue weighted by Crippen LogP contribution is 2.41. The topological polar surface area (TPSA) is 90.4 Å². The monoisotopic (exact) mass is 493 g/mol. The average Bonchev–Trinajstić information content (AvgIpc) is 3.20. The average molecular weight is 494 g/mol. The number of carbonyl (C=O) groups is 3. The molecule has 3 atom stereocenters. The first kappa shape index (κ1) is 25.7. The van der Waals surface area contributed by atoms with Crippen molar-refractivity contribution >= 4 is 23.7 Å². The fourth-order valence-electron chi connectivity index (χ4n) is 5.39. The molecule has 0 spiro atoms. The molecule has 0 aliphatic carbocycles. The molecule has 2 aliphatic rings. The van der Waals surface area contributed by atoms with Crippen molar-refractivity contribution in [3.63, 3.8) is 0 Å². The van der Waals surface area contributed by atoms with Gasteiger partial charge < -0.3 is 19.6 Å². The number of rotatable bonds is 6. The van der Waals surface area contributed by atoms with Gasteiger partial charge in [0.2, 0.25) is 5.91 Å². The number of anilines is 1. The molecule has 0 unspecified atom stereocenters. The molecule has 192 valence electrons. The lowest BCUT2D eigenvalue weighted by atomic mass is 9.82. The normalized spacial score (nSPS) is 22.1. The molecule has 36 heavy (non-hydrogen) atoms. The molecule has 8 heteroatoms. The number of hydrogen-bond acceptors (Lipinski definition) is 5. The molecule has 1 N–H and O–H groups in total. The number of carbonyl (C=O) groups excluding carboxylic acids is 2. The third-order valence-corrected chi connectivity index (χ3v) is 6.92. The third-order valence-electron chi connectivity index (χ3n) is 6.92. The third kappa shape index (κ3) is 6.05. The van der Waals surface area contributed by atoms with Crippen LogP contribution in [0.15, 0.2) is 60.7 Å². The van der Waals surface area contributed by atoms with E-state index in [1.54, 1.807) is 29.2 Å². The minimum absolute atomic E-state index is 0.111. The maximum atomic E-state index is 13.4. The number of hydrogen-bond donors (Lipinski definition) is 1. The molecule has 0 aromatic heterocycles. The number of aliphatic carboxylic acids is 1. The van der Waals surface area contributed by atoms with E-state index in [1.807, 2.05) is 45.0 Å². The highest BCUT2D eigenvalue weighted by Gasteiger charge is 2.47. The van der Waals surface area contributed by atoms with Crippen LogP contribution in [0.1, 0.15) is 38.7 Å². The van der Waals surface area contributed by atoms with Crippen LogP contribution >= 0.6 is 0 Å². The molecule has 2 heterocycles. The van der Waals surface area contributed by atoms with Crippen molar-refractivity contribution in [2.45, 2.75) is 44.8 Å². The van der Waals surface area contributed by atoms with Gasteiger partial charge in [0.25, 0.3) is 0 Å². The van der Waals surface area contributed by atoms with Gasteiger partial charge >= 0.3 is 12.1 Å². The maximum Gasteiger partial charge on any atom is 0.410 e. The van der Waals surface area contributed by atoms with Gasteiger partial charge in [0.1, 0.15) is 12.1 Å². The second kappa shape index (κ2) is 10.7. The number of benzene rings is 2. The zero-order valence-corrected chi connectivity index (χ0v) is 21.2. The van der Waals surface area contributed by atoms with Crippen molar-refractivity contribution in [3.05, 3.63) is 66.2 Å². The number of piperidine rings is 1. The van der Waals surface area contributed by atoms with E-state index in [-0.39, 0.29) is 43.0 Å². The molecule has 8 nitrogen and oxygen atoms in total. The summed E-state index contributed by atoms with van der Waals surface area (Å²) >= 11 is 0. The van der Waals surface area contributed by atoms with E-state index in [0.717, 1.165) is 6.42 Å². The first-order valence-electron chi connectivity index (χ1n) is 12.5. The van der Waals surface area contributed by atoms with Crippen LogP contribution in [-0.4, -0.2) is 77.2 Å². The van der Waals surface area contributed by atoms with E-state index in [2.05, 4.69) is 17.0 Å². The van der Waals surface area contributed by atoms with Gasteiger partial charge in [-0.1, -0.05) is 48.5 Å². The summed E-state index contributed by atoms with van der Waals surface area (Å²) in [7, 11) is 0. The van der Waals surface area contributed by atoms with Crippen molar-refractivity contribution in [3.8, 4) is 0 Å². The van der Waals surface area contributed by atoms with Crippen LogP contribution in [0.3, 0.4) is 0 Å². The van der Waals surface area contributed by atoms with Crippen LogP contribution in [0.5, 0.6) is 0 Å². The summed E-state index contributed by atoms with van der Waals surface area (Å²) in [5.74, 6) is -1.00. The van der Waals surface area contributed by atoms with Crippen LogP contribution in [0.25, 0.3) is 0 Å². The van der Waals surface area contributed by atoms with Gasteiger partial charge in [-0.25, -0.2) is 4.79 Å². The molecule has 2 aliphatic heterocycles. The van der Waals surface area contributed by atoms with Crippen molar-refractivity contribution in [2.24, 2.45) is 5.92 Å². The summed E-state index contributed by atoms with van der Waals surface area (Å²) in [5.41, 5.74) is 1.19. The minimum Gasteiger partial charge on any atom is -0.480 e. The van der Waals surface area contributed by atoms with Gasteiger partial charge in [0.15, 0.2) is 0 Å². The Bertz CT molecular complexity index is 1070. The van der Waals surface area contributed by atoms with E-state index >= 15 is 0 Å². The standard InChI is InChI=1S/C28H35N3O5/c1-28(2,3)36-27(35)29-15-14-24-23(17-29)22(20-10-6-4-7-11-20)16-30(24)18-25(32)31(19-26(33)34)21-12-8-5-9-13-21/h4-13,22-24H,14-19H2,1-3H3,(H,33,34)/t22-,23-,24-/m0/s1. The zero-order chi connectivity index (χ0) is 25.9. The van der Waals surface area contributed by atoms with E-state index in [9.17, 15) is 19.5 Å². The summed E-state index contributed by atoms with van der Waals surface area (Å²) in [5, 5.41) is 9.44. The Balaban J connectivity index is 1.55. The summed E-state index contributed by atoms with van der Waals surface area (Å²) in [4.78, 5) is 43.1. The van der Waals surface area contributed by atoms with Crippen LogP contribution in [-0.2, 0) is 14.3 Å². The largest absolute Gasteiger partial charge is 0.480 e. The molecule has 2 fully saturated rings. The van der Waals surface area contributed by atoms with Gasteiger partial charge in [-0.15, -0.1) is 0 Å². The second-order valence-corrected chi connectivity index (χ2v) is 10.6. The van der Waals surface area contributed by atoms with Crippen LogP contribution < -0.4 is 4.90 Å². The molecule has 2 aromatic carbocycles. The molecule has 2 amide bonds. The van der Waals surface area contributed by atoms with E-state index in [4.69, 9.17) is 4.74 Å². The molecular weight excluding hydrogens is 458 g/mol. The quantitative estimate of drug-likeness (QED) is 0.658. The Morgan fingerprint density at radius 3 is 2.25 bits per heavy atom. The highest BCUT2D eigenvalue weighted by atomic mass is 16.6. The number of fused-ring (bicyclic) bond motifs is 1. The smallest absolute Gasteiger partial charge is 0.410 e. The summed E-state index contributed by atoms with van der Waals surface area (Å²) in [6.07, 6.45) is 0.420. The fourth-order valence-corrected chi connectivity index (χ4v) is 5.39. The number of nitrogens with zero attached hydrogens (tertiary/aromatic N) is 3. The Morgan fingerprint density at radius 1 is 1.00 bits per heavy atom. The molecule has 0 radical (unpaired) electrons. The van der Waals surface area contributed by atoms with Gasteiger partial charge in [-0.3, -0.25) is 14.5 Å². The van der Waals surface area contributed by atoms with Crippen LogP contribution in [0, 0.1) is 5.92 Å². The first-order chi connectivity index (χ1) is 17.1. The van der Waals surface area contributed by atoms with Crippen molar-refractivity contribution in [1.82, 2.24) is 9.80 Å². The fraction of sp³-hybridized carbons (Fsp3) is 0.464. The van der Waals surface area contributed by atoms with Crippen molar-refractivity contribution in [2.75, 3.05) is 37.6 Å². The SMILES string of the molecule is CC(C)(C)OC(=O)N1CC[C@H]2[C@@H](C1)[C@H](c1ccccc1)CN2CC(=O)N(CC(=O)O)c1ccccc1. The van der Waals surface area contributed by atoms with Gasteiger partial charge in [0.05, 0.1) is 6.54 Å². The lowest BCUT2D eigenvalue weighted by molar-refractivity contribution is -0.136. The summed E-state index contributed by atoms with van der Waals surface area (Å²) in [6, 6.07) is 19.2. The maximum absolute atomic E-state index is 13.4. The predicted molar refractivity (Wildman–Crippen MR) is 137 cm³/mol. The number of para-hydroxylation sites is 1. The lowest BCUT2D eigenvalue weighted by Crippen LogP contribution is -2.51. The Kier molecular flexibility index (Phi) is 7.64. The van der Waals surface area contributed by atoms with Gasteiger partial charge in [0, 0.05) is 43.2 Å².